The van der Waals surface area contributed by atoms with Gasteiger partial charge in [-0.25, -0.2) is 14.6 Å². The van der Waals surface area contributed by atoms with Gasteiger partial charge < -0.3 is 20.7 Å². The summed E-state index contributed by atoms with van der Waals surface area (Å²) >= 11 is 0. The topological polar surface area (TPSA) is 130 Å². The number of fused-ring (bicyclic) bond motifs is 1. The molecule has 1 aliphatic carbocycles. The fourth-order valence-electron chi connectivity index (χ4n) is 4.12. The molecular formula is C23H24N10O. The third-order valence-corrected chi connectivity index (χ3v) is 6.04. The molecule has 0 spiro atoms. The molecule has 34 heavy (non-hydrogen) atoms. The Labute approximate surface area is 195 Å². The zero-order valence-electron chi connectivity index (χ0n) is 18.5. The van der Waals surface area contributed by atoms with Crippen LogP contribution in [0.25, 0.3) is 11.3 Å². The van der Waals surface area contributed by atoms with E-state index in [1.165, 1.54) is 6.33 Å². The molecule has 1 aromatic carbocycles. The number of benzene rings is 1. The molecule has 11 heteroatoms. The number of anilines is 4. The Morgan fingerprint density at radius 1 is 1.03 bits per heavy atom. The number of rotatable bonds is 7. The van der Waals surface area contributed by atoms with Crippen LogP contribution in [0.15, 0.2) is 43.1 Å². The lowest BCUT2D eigenvalue weighted by Gasteiger charge is -2.25. The SMILES string of the molecule is N#Cc1cnc2c(NC3CC3)cc(Nc3ccc(NC4CCOCC4)c(-n4cncn4)c3)nn12. The Kier molecular flexibility index (Phi) is 5.20. The van der Waals surface area contributed by atoms with Crippen molar-refractivity contribution in [3.05, 3.63) is 48.8 Å². The summed E-state index contributed by atoms with van der Waals surface area (Å²) < 4.78 is 8.81. The minimum Gasteiger partial charge on any atom is -0.381 e. The Hall–Kier alpha value is -4.17. The molecule has 172 valence electrons. The van der Waals surface area contributed by atoms with Gasteiger partial charge in [-0.05, 0) is 43.9 Å². The minimum atomic E-state index is 0.348. The summed E-state index contributed by atoms with van der Waals surface area (Å²) in [6.07, 6.45) is 8.93. The summed E-state index contributed by atoms with van der Waals surface area (Å²) in [7, 11) is 0. The fourth-order valence-corrected chi connectivity index (χ4v) is 4.12. The first-order chi connectivity index (χ1) is 16.8. The molecule has 2 aliphatic rings. The molecule has 1 aliphatic heterocycles. The van der Waals surface area contributed by atoms with Crippen LogP contribution in [0, 0.1) is 11.3 Å². The molecule has 1 saturated carbocycles. The highest BCUT2D eigenvalue weighted by molar-refractivity contribution is 5.75. The third kappa shape index (κ3) is 4.11. The number of nitrogens with one attached hydrogen (secondary N) is 3. The van der Waals surface area contributed by atoms with E-state index < -0.39 is 0 Å². The number of hydrogen-bond acceptors (Lipinski definition) is 9. The van der Waals surface area contributed by atoms with Crippen LogP contribution in [-0.4, -0.2) is 54.7 Å². The standard InChI is InChI=1S/C23H24N10O/c24-11-18-12-26-23-20(29-15-1-2-15)10-22(31-33(18)23)30-17-3-4-19(28-16-5-7-34-8-6-16)21(9-17)32-14-25-13-27-32/h3-4,9-10,12-16,28-29H,1-2,5-8H2,(H,30,31). The highest BCUT2D eigenvalue weighted by Crippen LogP contribution is 2.31. The van der Waals surface area contributed by atoms with E-state index >= 15 is 0 Å². The van der Waals surface area contributed by atoms with Gasteiger partial charge in [-0.2, -0.15) is 14.9 Å². The van der Waals surface area contributed by atoms with Gasteiger partial charge in [0.05, 0.1) is 23.3 Å². The van der Waals surface area contributed by atoms with Gasteiger partial charge in [0, 0.05) is 37.1 Å². The molecule has 1 saturated heterocycles. The van der Waals surface area contributed by atoms with E-state index in [1.54, 1.807) is 21.7 Å². The number of nitrogens with zero attached hydrogens (tertiary/aromatic N) is 7. The minimum absolute atomic E-state index is 0.348. The molecule has 4 heterocycles. The monoisotopic (exact) mass is 456 g/mol. The van der Waals surface area contributed by atoms with Crippen LogP contribution in [0.5, 0.6) is 0 Å². The van der Waals surface area contributed by atoms with Crippen LogP contribution >= 0.6 is 0 Å². The van der Waals surface area contributed by atoms with E-state index in [0.29, 0.717) is 29.2 Å². The first-order valence-corrected chi connectivity index (χ1v) is 11.4. The lowest BCUT2D eigenvalue weighted by Crippen LogP contribution is -2.28. The Morgan fingerprint density at radius 2 is 1.85 bits per heavy atom. The van der Waals surface area contributed by atoms with E-state index in [2.05, 4.69) is 42.2 Å². The summed E-state index contributed by atoms with van der Waals surface area (Å²) in [4.78, 5) is 8.50. The van der Waals surface area contributed by atoms with E-state index in [-0.39, 0.29) is 0 Å². The highest BCUT2D eigenvalue weighted by atomic mass is 16.5. The van der Waals surface area contributed by atoms with E-state index in [9.17, 15) is 5.26 Å². The molecule has 0 radical (unpaired) electrons. The fraction of sp³-hybridized carbons (Fsp3) is 0.348. The van der Waals surface area contributed by atoms with Gasteiger partial charge in [0.1, 0.15) is 18.7 Å². The molecule has 4 aromatic rings. The van der Waals surface area contributed by atoms with Crippen molar-refractivity contribution in [2.75, 3.05) is 29.2 Å². The molecule has 0 unspecified atom stereocenters. The van der Waals surface area contributed by atoms with Crippen molar-refractivity contribution in [1.82, 2.24) is 29.4 Å². The molecule has 3 aromatic heterocycles. The van der Waals surface area contributed by atoms with Crippen molar-refractivity contribution in [1.29, 1.82) is 5.26 Å². The average molecular weight is 457 g/mol. The number of aromatic nitrogens is 6. The number of hydrogen-bond donors (Lipinski definition) is 3. The lowest BCUT2D eigenvalue weighted by atomic mass is 10.1. The number of nitriles is 1. The Morgan fingerprint density at radius 3 is 2.62 bits per heavy atom. The van der Waals surface area contributed by atoms with Crippen molar-refractivity contribution < 1.29 is 4.74 Å². The van der Waals surface area contributed by atoms with Crippen molar-refractivity contribution in [2.24, 2.45) is 0 Å². The van der Waals surface area contributed by atoms with E-state index in [4.69, 9.17) is 4.74 Å². The van der Waals surface area contributed by atoms with E-state index in [1.807, 2.05) is 24.3 Å². The molecule has 11 nitrogen and oxygen atoms in total. The van der Waals surface area contributed by atoms with Crippen molar-refractivity contribution in [3.8, 4) is 11.8 Å². The molecule has 0 amide bonds. The van der Waals surface area contributed by atoms with Crippen LogP contribution in [-0.2, 0) is 4.74 Å². The van der Waals surface area contributed by atoms with Gasteiger partial charge in [0.25, 0.3) is 0 Å². The van der Waals surface area contributed by atoms with Gasteiger partial charge >= 0.3 is 0 Å². The Balaban J connectivity index is 1.34. The first-order valence-electron chi connectivity index (χ1n) is 11.4. The average Bonchev–Trinajstić information content (AvgIpc) is 3.32. The summed E-state index contributed by atoms with van der Waals surface area (Å²) in [5, 5.41) is 28.9. The predicted molar refractivity (Wildman–Crippen MR) is 126 cm³/mol. The molecule has 0 bridgehead atoms. The zero-order valence-corrected chi connectivity index (χ0v) is 18.5. The maximum atomic E-state index is 9.48. The van der Waals surface area contributed by atoms with Crippen molar-refractivity contribution >= 4 is 28.5 Å². The second-order valence-electron chi connectivity index (χ2n) is 8.58. The number of imidazole rings is 1. The number of ether oxygens (including phenoxy) is 1. The second-order valence-corrected chi connectivity index (χ2v) is 8.58. The normalized spacial score (nSPS) is 16.3. The van der Waals surface area contributed by atoms with Gasteiger partial charge in [0.15, 0.2) is 17.2 Å². The van der Waals surface area contributed by atoms with Crippen LogP contribution < -0.4 is 16.0 Å². The first kappa shape index (κ1) is 20.4. The molecule has 2 fully saturated rings. The molecule has 0 atom stereocenters. The van der Waals surface area contributed by atoms with E-state index in [0.717, 1.165) is 61.6 Å². The Bertz CT molecular complexity index is 1350. The molecule has 6 rings (SSSR count). The van der Waals surface area contributed by atoms with Gasteiger partial charge in [-0.15, -0.1) is 5.10 Å². The maximum Gasteiger partial charge on any atom is 0.178 e. The van der Waals surface area contributed by atoms with Crippen molar-refractivity contribution in [3.63, 3.8) is 0 Å². The van der Waals surface area contributed by atoms with Crippen LogP contribution in [0.4, 0.5) is 22.9 Å². The smallest absolute Gasteiger partial charge is 0.178 e. The predicted octanol–water partition coefficient (Wildman–Crippen LogP) is 3.09. The van der Waals surface area contributed by atoms with Crippen LogP contribution in [0.1, 0.15) is 31.4 Å². The van der Waals surface area contributed by atoms with Gasteiger partial charge in [0.2, 0.25) is 0 Å². The quantitative estimate of drug-likeness (QED) is 0.384. The molecular weight excluding hydrogens is 432 g/mol. The van der Waals surface area contributed by atoms with Gasteiger partial charge in [-0.1, -0.05) is 0 Å². The largest absolute Gasteiger partial charge is 0.381 e. The van der Waals surface area contributed by atoms with Crippen molar-refractivity contribution in [2.45, 2.75) is 37.8 Å². The van der Waals surface area contributed by atoms with Crippen LogP contribution in [0.2, 0.25) is 0 Å². The highest BCUT2D eigenvalue weighted by Gasteiger charge is 2.23. The van der Waals surface area contributed by atoms with Gasteiger partial charge in [-0.3, -0.25) is 0 Å². The third-order valence-electron chi connectivity index (χ3n) is 6.04. The summed E-state index contributed by atoms with van der Waals surface area (Å²) in [5.74, 6) is 0.611. The summed E-state index contributed by atoms with van der Waals surface area (Å²) in [5.41, 5.74) is 4.59. The summed E-state index contributed by atoms with van der Waals surface area (Å²) in [6, 6.07) is 10.9. The lowest BCUT2D eigenvalue weighted by molar-refractivity contribution is 0.0904. The molecule has 3 N–H and O–H groups in total. The second kappa shape index (κ2) is 8.64. The zero-order chi connectivity index (χ0) is 22.9. The van der Waals surface area contributed by atoms with Crippen LogP contribution in [0.3, 0.4) is 0 Å². The summed E-state index contributed by atoms with van der Waals surface area (Å²) in [6.45, 7) is 1.53. The maximum absolute atomic E-state index is 9.48.